The van der Waals surface area contributed by atoms with Gasteiger partial charge in [0.2, 0.25) is 5.91 Å². The first kappa shape index (κ1) is 26.9. The number of carbonyl (C=O) groups is 4. The monoisotopic (exact) mass is 556 g/mol. The summed E-state index contributed by atoms with van der Waals surface area (Å²) in [4.78, 5) is 56.9. The van der Waals surface area contributed by atoms with Crippen molar-refractivity contribution in [2.75, 3.05) is 18.7 Å². The van der Waals surface area contributed by atoms with Gasteiger partial charge in [0.15, 0.2) is 20.7 Å². The zero-order valence-electron chi connectivity index (χ0n) is 20.6. The molecule has 2 heterocycles. The van der Waals surface area contributed by atoms with Gasteiger partial charge in [0, 0.05) is 17.6 Å². The lowest BCUT2D eigenvalue weighted by Gasteiger charge is -2.29. The van der Waals surface area contributed by atoms with Crippen molar-refractivity contribution in [2.45, 2.75) is 29.8 Å². The molecule has 1 saturated heterocycles. The summed E-state index contributed by atoms with van der Waals surface area (Å²) in [7, 11) is -2.24. The molecule has 2 aromatic carbocycles. The summed E-state index contributed by atoms with van der Waals surface area (Å²) in [6.07, 6.45) is 1.07. The molecular weight excluding hydrogens is 532 g/mol. The molecule has 3 aromatic rings. The Hall–Kier alpha value is -4.10. The largest absolute Gasteiger partial charge is 0.464 e. The Morgan fingerprint density at radius 2 is 1.76 bits per heavy atom. The van der Waals surface area contributed by atoms with Crippen LogP contribution in [0.3, 0.4) is 0 Å². The van der Waals surface area contributed by atoms with Crippen molar-refractivity contribution >= 4 is 50.1 Å². The number of hydrogen-bond donors (Lipinski definition) is 2. The van der Waals surface area contributed by atoms with Crippen LogP contribution in [0.15, 0.2) is 64.9 Å². The van der Waals surface area contributed by atoms with Gasteiger partial charge in [0.1, 0.15) is 12.1 Å². The van der Waals surface area contributed by atoms with Gasteiger partial charge in [-0.1, -0.05) is 49.4 Å². The van der Waals surface area contributed by atoms with Crippen molar-refractivity contribution in [3.63, 3.8) is 0 Å². The van der Waals surface area contributed by atoms with E-state index in [9.17, 15) is 27.6 Å². The van der Waals surface area contributed by atoms with Gasteiger partial charge in [-0.2, -0.15) is 0 Å². The van der Waals surface area contributed by atoms with Crippen molar-refractivity contribution in [3.05, 3.63) is 76.8 Å². The second-order valence-corrected chi connectivity index (χ2v) is 11.5. The number of nitrogens with one attached hydrogen (secondary N) is 2. The number of nitrogens with zero attached hydrogens (tertiary/aromatic N) is 2. The molecule has 1 fully saturated rings. The molecule has 0 radical (unpaired) electrons. The second kappa shape index (κ2) is 10.7. The first-order valence-corrected chi connectivity index (χ1v) is 14.1. The number of urea groups is 1. The van der Waals surface area contributed by atoms with Crippen LogP contribution >= 0.6 is 11.3 Å². The molecule has 1 aromatic heterocycles. The molecule has 198 valence electrons. The minimum absolute atomic E-state index is 0.00746. The van der Waals surface area contributed by atoms with E-state index in [1.807, 2.05) is 0 Å². The summed E-state index contributed by atoms with van der Waals surface area (Å²) in [5, 5.41) is 6.72. The van der Waals surface area contributed by atoms with Crippen LogP contribution in [0, 0.1) is 0 Å². The molecule has 0 aliphatic carbocycles. The van der Waals surface area contributed by atoms with Crippen LogP contribution in [-0.4, -0.2) is 61.5 Å². The molecule has 1 aliphatic heterocycles. The van der Waals surface area contributed by atoms with Crippen LogP contribution in [0.4, 0.5) is 9.93 Å². The van der Waals surface area contributed by atoms with Crippen molar-refractivity contribution in [1.29, 1.82) is 0 Å². The standard InChI is InChI=1S/C25H24N4O7S2/c1-14(15-7-5-4-6-8-15)20(21(30)28-24-26-18(13-37-24)23(32)36-2)29-22(31)19(27-25(29)33)16-9-11-17(12-10-16)38(3,34)35/h4-14,19-20H,1-3H3,(H,27,33)(H,26,28,30)/t14-,19-,20-/m0/s1. The Morgan fingerprint density at radius 3 is 2.37 bits per heavy atom. The third-order valence-corrected chi connectivity index (χ3v) is 7.97. The van der Waals surface area contributed by atoms with Crippen LogP contribution in [0.5, 0.6) is 0 Å². The van der Waals surface area contributed by atoms with E-state index in [1.165, 1.54) is 36.8 Å². The number of rotatable bonds is 8. The van der Waals surface area contributed by atoms with E-state index in [-0.39, 0.29) is 15.7 Å². The topological polar surface area (TPSA) is 152 Å². The number of thiazole rings is 1. The van der Waals surface area contributed by atoms with Gasteiger partial charge < -0.3 is 15.4 Å². The third-order valence-electron chi connectivity index (χ3n) is 6.09. The second-order valence-electron chi connectivity index (χ2n) is 8.59. The number of sulfone groups is 1. The van der Waals surface area contributed by atoms with Crippen LogP contribution in [0.2, 0.25) is 0 Å². The fourth-order valence-corrected chi connectivity index (χ4v) is 5.42. The fourth-order valence-electron chi connectivity index (χ4n) is 4.11. The molecular formula is C25H24N4O7S2. The van der Waals surface area contributed by atoms with Crippen molar-refractivity contribution in [1.82, 2.24) is 15.2 Å². The number of benzene rings is 2. The normalized spacial score (nSPS) is 17.0. The smallest absolute Gasteiger partial charge is 0.357 e. The SMILES string of the molecule is COC(=O)c1csc(NC(=O)[C@H]([C@@H](C)c2ccccc2)N2C(=O)N[C@@H](c3ccc(S(C)(=O)=O)cc3)C2=O)n1. The average molecular weight is 557 g/mol. The quantitative estimate of drug-likeness (QED) is 0.317. The number of hydrogen-bond acceptors (Lipinski definition) is 9. The Morgan fingerprint density at radius 1 is 1.11 bits per heavy atom. The van der Waals surface area contributed by atoms with E-state index >= 15 is 0 Å². The number of ether oxygens (including phenoxy) is 1. The zero-order chi connectivity index (χ0) is 27.6. The van der Waals surface area contributed by atoms with E-state index in [0.29, 0.717) is 11.1 Å². The number of carbonyl (C=O) groups excluding carboxylic acids is 4. The van der Waals surface area contributed by atoms with Gasteiger partial charge in [-0.25, -0.2) is 27.9 Å². The molecule has 1 aliphatic rings. The highest BCUT2D eigenvalue weighted by molar-refractivity contribution is 7.90. The Kier molecular flexibility index (Phi) is 7.60. The Labute approximate surface area is 222 Å². The molecule has 11 nitrogen and oxygen atoms in total. The first-order chi connectivity index (χ1) is 18.0. The van der Waals surface area contributed by atoms with Crippen LogP contribution < -0.4 is 10.6 Å². The van der Waals surface area contributed by atoms with E-state index in [4.69, 9.17) is 0 Å². The maximum atomic E-state index is 13.6. The molecule has 13 heteroatoms. The summed E-state index contributed by atoms with van der Waals surface area (Å²) in [6.45, 7) is 1.72. The van der Waals surface area contributed by atoms with Crippen LogP contribution in [0.1, 0.15) is 40.5 Å². The highest BCUT2D eigenvalue weighted by atomic mass is 32.2. The molecule has 4 amide bonds. The van der Waals surface area contributed by atoms with E-state index in [0.717, 1.165) is 22.5 Å². The van der Waals surface area contributed by atoms with Gasteiger partial charge in [0.25, 0.3) is 5.91 Å². The minimum Gasteiger partial charge on any atom is -0.464 e. The number of amides is 4. The summed E-state index contributed by atoms with van der Waals surface area (Å²) in [6, 6.07) is 11.4. The molecule has 3 atom stereocenters. The lowest BCUT2D eigenvalue weighted by atomic mass is 9.91. The highest BCUT2D eigenvalue weighted by Crippen LogP contribution is 2.31. The minimum atomic E-state index is -3.45. The number of methoxy groups -OCH3 is 1. The summed E-state index contributed by atoms with van der Waals surface area (Å²) >= 11 is 0.994. The molecule has 0 saturated carbocycles. The fraction of sp³-hybridized carbons (Fsp3) is 0.240. The zero-order valence-corrected chi connectivity index (χ0v) is 22.2. The van der Waals surface area contributed by atoms with Crippen molar-refractivity contribution in [3.8, 4) is 0 Å². The number of imide groups is 1. The summed E-state index contributed by atoms with van der Waals surface area (Å²) < 4.78 is 28.2. The van der Waals surface area contributed by atoms with Crippen molar-refractivity contribution in [2.24, 2.45) is 0 Å². The first-order valence-electron chi connectivity index (χ1n) is 11.3. The van der Waals surface area contributed by atoms with E-state index in [1.54, 1.807) is 37.3 Å². The number of aromatic nitrogens is 1. The van der Waals surface area contributed by atoms with Gasteiger partial charge in [-0.15, -0.1) is 11.3 Å². The molecule has 4 rings (SSSR count). The molecule has 0 bridgehead atoms. The summed E-state index contributed by atoms with van der Waals surface area (Å²) in [5.41, 5.74) is 1.09. The van der Waals surface area contributed by atoms with Gasteiger partial charge in [0.05, 0.1) is 12.0 Å². The predicted molar refractivity (Wildman–Crippen MR) is 138 cm³/mol. The third kappa shape index (κ3) is 5.43. The van der Waals surface area contributed by atoms with Crippen molar-refractivity contribution < 1.29 is 32.3 Å². The van der Waals surface area contributed by atoms with Gasteiger partial charge >= 0.3 is 12.0 Å². The molecule has 2 N–H and O–H groups in total. The summed E-state index contributed by atoms with van der Waals surface area (Å²) in [5.74, 6) is -2.63. The van der Waals surface area contributed by atoms with E-state index in [2.05, 4.69) is 20.4 Å². The number of anilines is 1. The molecule has 0 spiro atoms. The highest BCUT2D eigenvalue weighted by Gasteiger charge is 2.47. The number of esters is 1. The molecule has 0 unspecified atom stereocenters. The van der Waals surface area contributed by atoms with Crippen LogP contribution in [-0.2, 0) is 24.2 Å². The lowest BCUT2D eigenvalue weighted by Crippen LogP contribution is -2.50. The predicted octanol–water partition coefficient (Wildman–Crippen LogP) is 2.74. The van der Waals surface area contributed by atoms with E-state index < -0.39 is 51.7 Å². The lowest BCUT2D eigenvalue weighted by molar-refractivity contribution is -0.134. The Balaban J connectivity index is 1.66. The van der Waals surface area contributed by atoms with Gasteiger partial charge in [-0.3, -0.25) is 9.59 Å². The Bertz CT molecular complexity index is 1490. The van der Waals surface area contributed by atoms with Gasteiger partial charge in [-0.05, 0) is 23.3 Å². The molecule has 38 heavy (non-hydrogen) atoms. The average Bonchev–Trinajstić information content (AvgIpc) is 3.48. The maximum Gasteiger partial charge on any atom is 0.357 e. The maximum absolute atomic E-state index is 13.6. The van der Waals surface area contributed by atoms with Crippen LogP contribution in [0.25, 0.3) is 0 Å².